The molecule has 21 heavy (non-hydrogen) atoms. The van der Waals surface area contributed by atoms with Gasteiger partial charge in [-0.15, -0.1) is 0 Å². The van der Waals surface area contributed by atoms with Crippen LogP contribution in [0.25, 0.3) is 0 Å². The maximum atomic E-state index is 5.98. The summed E-state index contributed by atoms with van der Waals surface area (Å²) in [6.07, 6.45) is 3.62. The Morgan fingerprint density at radius 3 is 2.95 bits per heavy atom. The van der Waals surface area contributed by atoms with Crippen LogP contribution in [0.3, 0.4) is 0 Å². The minimum atomic E-state index is 0.189. The third-order valence-electron chi connectivity index (χ3n) is 3.26. The summed E-state index contributed by atoms with van der Waals surface area (Å²) in [6.45, 7) is 4.48. The van der Waals surface area contributed by atoms with Crippen molar-refractivity contribution in [3.8, 4) is 5.75 Å². The molecule has 1 heterocycles. The Bertz CT molecular complexity index is 554. The molecule has 0 aliphatic heterocycles. The molecular weight excluding hydrogens is 266 g/mol. The molecule has 1 aromatic heterocycles. The van der Waals surface area contributed by atoms with Crippen LogP contribution in [0.15, 0.2) is 28.8 Å². The molecule has 114 valence electrons. The van der Waals surface area contributed by atoms with Gasteiger partial charge in [-0.1, -0.05) is 31.1 Å². The fraction of sp³-hybridized carbons (Fsp3) is 0.500. The lowest BCUT2D eigenvalue weighted by Gasteiger charge is -2.10. The Balaban J connectivity index is 1.91. The fourth-order valence-corrected chi connectivity index (χ4v) is 2.02. The highest BCUT2D eigenvalue weighted by molar-refractivity contribution is 5.29. The molecule has 0 aliphatic rings. The van der Waals surface area contributed by atoms with Crippen LogP contribution in [-0.2, 0) is 19.4 Å². The molecule has 2 rings (SSSR count). The second-order valence-electron chi connectivity index (χ2n) is 5.16. The van der Waals surface area contributed by atoms with Gasteiger partial charge in [-0.3, -0.25) is 0 Å². The normalized spacial score (nSPS) is 12.3. The number of nitrogens with zero attached hydrogens (tertiary/aromatic N) is 2. The number of hydrogen-bond acceptors (Lipinski definition) is 5. The van der Waals surface area contributed by atoms with Gasteiger partial charge in [-0.05, 0) is 37.0 Å². The van der Waals surface area contributed by atoms with E-state index in [4.69, 9.17) is 15.0 Å². The highest BCUT2D eigenvalue weighted by Crippen LogP contribution is 2.16. The molecule has 1 atom stereocenters. The summed E-state index contributed by atoms with van der Waals surface area (Å²) in [5.41, 5.74) is 7.16. The predicted octanol–water partition coefficient (Wildman–Crippen LogP) is 2.88. The second kappa shape index (κ2) is 7.78. The van der Waals surface area contributed by atoms with Crippen LogP contribution in [0.4, 0.5) is 0 Å². The van der Waals surface area contributed by atoms with Gasteiger partial charge in [0.05, 0.1) is 0 Å². The van der Waals surface area contributed by atoms with Crippen LogP contribution in [0.5, 0.6) is 5.75 Å². The van der Waals surface area contributed by atoms with Crippen LogP contribution in [-0.4, -0.2) is 16.2 Å². The van der Waals surface area contributed by atoms with E-state index in [-0.39, 0.29) is 6.04 Å². The van der Waals surface area contributed by atoms with Crippen molar-refractivity contribution in [1.82, 2.24) is 10.1 Å². The quantitative estimate of drug-likeness (QED) is 0.808. The van der Waals surface area contributed by atoms with Crippen molar-refractivity contribution in [3.63, 3.8) is 0 Å². The Morgan fingerprint density at radius 2 is 2.19 bits per heavy atom. The van der Waals surface area contributed by atoms with E-state index in [1.807, 2.05) is 18.2 Å². The molecule has 0 aliphatic carbocycles. The lowest BCUT2D eigenvalue weighted by atomic mass is 10.0. The van der Waals surface area contributed by atoms with Crippen molar-refractivity contribution in [1.29, 1.82) is 0 Å². The Morgan fingerprint density at radius 1 is 1.33 bits per heavy atom. The number of hydrogen-bond donors (Lipinski definition) is 1. The van der Waals surface area contributed by atoms with E-state index in [1.54, 1.807) is 0 Å². The van der Waals surface area contributed by atoms with E-state index in [9.17, 15) is 0 Å². The zero-order valence-electron chi connectivity index (χ0n) is 12.7. The maximum absolute atomic E-state index is 5.98. The van der Waals surface area contributed by atoms with E-state index >= 15 is 0 Å². The van der Waals surface area contributed by atoms with E-state index < -0.39 is 0 Å². The average molecular weight is 289 g/mol. The first-order valence-corrected chi connectivity index (χ1v) is 7.50. The first-order valence-electron chi connectivity index (χ1n) is 7.50. The zero-order valence-corrected chi connectivity index (χ0v) is 12.7. The van der Waals surface area contributed by atoms with Gasteiger partial charge in [0.1, 0.15) is 5.75 Å². The summed E-state index contributed by atoms with van der Waals surface area (Å²) in [5, 5.41) is 3.90. The molecule has 0 saturated heterocycles. The minimum Gasteiger partial charge on any atom is -0.485 e. The first kappa shape index (κ1) is 15.5. The van der Waals surface area contributed by atoms with Crippen molar-refractivity contribution >= 4 is 0 Å². The molecule has 5 heteroatoms. The van der Waals surface area contributed by atoms with Gasteiger partial charge in [-0.2, -0.15) is 4.98 Å². The van der Waals surface area contributed by atoms with Crippen LogP contribution in [0.1, 0.15) is 44.0 Å². The number of benzene rings is 1. The van der Waals surface area contributed by atoms with Gasteiger partial charge in [0, 0.05) is 12.5 Å². The van der Waals surface area contributed by atoms with Crippen LogP contribution >= 0.6 is 0 Å². The van der Waals surface area contributed by atoms with Gasteiger partial charge in [0.2, 0.25) is 11.7 Å². The van der Waals surface area contributed by atoms with Crippen LogP contribution in [0, 0.1) is 0 Å². The summed E-state index contributed by atoms with van der Waals surface area (Å²) in [6, 6.07) is 8.17. The molecule has 1 unspecified atom stereocenters. The van der Waals surface area contributed by atoms with Gasteiger partial charge in [0.15, 0.2) is 6.61 Å². The minimum absolute atomic E-state index is 0.189. The van der Waals surface area contributed by atoms with E-state index in [0.717, 1.165) is 31.4 Å². The van der Waals surface area contributed by atoms with Crippen molar-refractivity contribution in [2.45, 2.75) is 52.2 Å². The van der Waals surface area contributed by atoms with Crippen molar-refractivity contribution < 1.29 is 9.26 Å². The second-order valence-corrected chi connectivity index (χ2v) is 5.16. The van der Waals surface area contributed by atoms with Gasteiger partial charge >= 0.3 is 0 Å². The van der Waals surface area contributed by atoms with Crippen LogP contribution < -0.4 is 10.5 Å². The number of ether oxygens (including phenoxy) is 1. The van der Waals surface area contributed by atoms with Crippen molar-refractivity contribution in [2.24, 2.45) is 5.73 Å². The van der Waals surface area contributed by atoms with E-state index in [2.05, 4.69) is 30.1 Å². The van der Waals surface area contributed by atoms with E-state index in [1.165, 1.54) is 5.56 Å². The SMILES string of the molecule is CCCc1nc(COc2cccc(CC(N)CC)c2)no1. The Kier molecular flexibility index (Phi) is 5.75. The predicted molar refractivity (Wildman–Crippen MR) is 81.0 cm³/mol. The first-order chi connectivity index (χ1) is 10.2. The summed E-state index contributed by atoms with van der Waals surface area (Å²) in [4.78, 5) is 4.28. The standard InChI is InChI=1S/C16H23N3O2/c1-3-6-16-18-15(19-21-16)11-20-14-8-5-7-12(10-14)9-13(17)4-2/h5,7-8,10,13H,3-4,6,9,11,17H2,1-2H3. The molecular formula is C16H23N3O2. The van der Waals surface area contributed by atoms with Gasteiger partial charge in [-0.25, -0.2) is 0 Å². The highest BCUT2D eigenvalue weighted by atomic mass is 16.5. The van der Waals surface area contributed by atoms with Crippen LogP contribution in [0.2, 0.25) is 0 Å². The summed E-state index contributed by atoms with van der Waals surface area (Å²) >= 11 is 0. The molecule has 5 nitrogen and oxygen atoms in total. The molecule has 1 aromatic carbocycles. The lowest BCUT2D eigenvalue weighted by Crippen LogP contribution is -2.21. The fourth-order valence-electron chi connectivity index (χ4n) is 2.02. The topological polar surface area (TPSA) is 74.2 Å². The van der Waals surface area contributed by atoms with E-state index in [0.29, 0.717) is 18.3 Å². The molecule has 0 radical (unpaired) electrons. The van der Waals surface area contributed by atoms with Crippen molar-refractivity contribution in [3.05, 3.63) is 41.5 Å². The lowest BCUT2D eigenvalue weighted by molar-refractivity contribution is 0.285. The zero-order chi connectivity index (χ0) is 15.1. The molecule has 0 bridgehead atoms. The smallest absolute Gasteiger partial charge is 0.226 e. The molecule has 0 saturated carbocycles. The number of nitrogens with two attached hydrogens (primary N) is 1. The maximum Gasteiger partial charge on any atom is 0.226 e. The average Bonchev–Trinajstić information content (AvgIpc) is 2.93. The van der Waals surface area contributed by atoms with Gasteiger partial charge in [0.25, 0.3) is 0 Å². The summed E-state index contributed by atoms with van der Waals surface area (Å²) in [5.74, 6) is 2.05. The summed E-state index contributed by atoms with van der Waals surface area (Å²) < 4.78 is 10.8. The molecule has 2 aromatic rings. The summed E-state index contributed by atoms with van der Waals surface area (Å²) in [7, 11) is 0. The Hall–Kier alpha value is -1.88. The number of rotatable bonds is 8. The monoisotopic (exact) mass is 289 g/mol. The number of aromatic nitrogens is 2. The highest BCUT2D eigenvalue weighted by Gasteiger charge is 2.07. The largest absolute Gasteiger partial charge is 0.485 e. The third kappa shape index (κ3) is 4.86. The molecule has 2 N–H and O–H groups in total. The molecule has 0 fully saturated rings. The van der Waals surface area contributed by atoms with Gasteiger partial charge < -0.3 is 15.0 Å². The third-order valence-corrected chi connectivity index (χ3v) is 3.26. The van der Waals surface area contributed by atoms with Crippen molar-refractivity contribution in [2.75, 3.05) is 0 Å². The number of aryl methyl sites for hydroxylation is 1. The molecule has 0 spiro atoms. The molecule has 0 amide bonds. The Labute approximate surface area is 125 Å².